The van der Waals surface area contributed by atoms with Gasteiger partial charge in [-0.25, -0.2) is 4.79 Å². The number of pyridine rings is 1. The predicted octanol–water partition coefficient (Wildman–Crippen LogP) is -3.22. The van der Waals surface area contributed by atoms with Crippen LogP contribution in [0.5, 0.6) is 5.75 Å². The first-order valence-electron chi connectivity index (χ1n) is 33.3. The molecule has 0 spiro atoms. The summed E-state index contributed by atoms with van der Waals surface area (Å²) in [6.07, 6.45) is -6.43. The number of nitrogens with zero attached hydrogens (tertiary/aromatic N) is 3. The molecule has 2 aromatic rings. The molecule has 41 nitrogen and oxygen atoms in total. The molecule has 0 fully saturated rings. The van der Waals surface area contributed by atoms with Gasteiger partial charge in [-0.3, -0.25) is 81.0 Å². The Balaban J connectivity index is 2.41. The first kappa shape index (κ1) is 93.7. The molecule has 25 N–H and O–H groups in total. The van der Waals surface area contributed by atoms with E-state index >= 15 is 0 Å². The highest BCUT2D eigenvalue weighted by atomic mass is 31.2. The number of carbonyl (C=O) groups excluding carboxylic acids is 10. The zero-order valence-electron chi connectivity index (χ0n) is 59.1. The highest BCUT2D eigenvalue weighted by Gasteiger charge is 2.38. The van der Waals surface area contributed by atoms with Crippen LogP contribution in [-0.2, 0) is 85.7 Å². The smallest absolute Gasteiger partial charge is 0.339 e. The molecular weight excluding hydrogens is 1470 g/mol. The predicted molar refractivity (Wildman–Crippen MR) is 375 cm³/mol. The van der Waals surface area contributed by atoms with Gasteiger partial charge in [-0.2, -0.15) is 0 Å². The Labute approximate surface area is 606 Å². The molecule has 0 aliphatic heterocycles. The maximum absolute atomic E-state index is 14.6. The third-order valence-electron chi connectivity index (χ3n) is 15.6. The molecule has 45 heteroatoms. The molecule has 1 aromatic heterocycles. The summed E-state index contributed by atoms with van der Waals surface area (Å²) in [5.74, 6) is -11.9. The number of urea groups is 1. The largest absolute Gasteiger partial charge is 0.493 e. The second-order valence-electron chi connectivity index (χ2n) is 25.7. The van der Waals surface area contributed by atoms with Crippen LogP contribution in [0.4, 0.5) is 4.79 Å². The molecule has 0 radical (unpaired) electrons. The number of aliphatic carboxylic acids is 1. The quantitative estimate of drug-likeness (QED) is 0.0229. The zero-order chi connectivity index (χ0) is 79.7. The highest BCUT2D eigenvalue weighted by Crippen LogP contribution is 2.43. The van der Waals surface area contributed by atoms with E-state index in [0.29, 0.717) is 21.8 Å². The molecule has 2 rings (SSSR count). The van der Waals surface area contributed by atoms with E-state index in [0.717, 1.165) is 0 Å². The maximum Gasteiger partial charge on any atom is 0.339 e. The molecule has 0 aliphatic carbocycles. The van der Waals surface area contributed by atoms with Crippen molar-refractivity contribution in [3.63, 3.8) is 0 Å². The number of aliphatic hydroxyl groups excluding tert-OH is 1. The number of nitrogens with two attached hydrogens (primary N) is 3. The van der Waals surface area contributed by atoms with Crippen LogP contribution in [0, 0.1) is 17.8 Å². The van der Waals surface area contributed by atoms with Crippen molar-refractivity contribution in [2.45, 2.75) is 174 Å². The van der Waals surface area contributed by atoms with Gasteiger partial charge in [0.2, 0.25) is 53.2 Å². The summed E-state index contributed by atoms with van der Waals surface area (Å²) in [5.41, 5.74) is 17.0. The number of hydrogen-bond acceptors (Lipinski definition) is 21. The molecule has 0 unspecified atom stereocenters. The zero-order valence-corrected chi connectivity index (χ0v) is 62.7. The SMILES string of the molecule is CC[C@H](C)[C@H](NC(=O)[C@@H](NC(=O)[C@@H](N)CO)[C@@H](C)CC)C(=O)N[C@@H](CC(N)=O)C(=O)N[C@@H](Cc1ccccc1)C(=O)N[C@@H](CCC(=O)O)C(=O)N[C@@H](CCCCNC(=O)NCCCOc1cc(CN(CP(=O)(O)O)CP(=O)(O)O)nc(CN(CP(=O)(O)O)CP(=O)(O)O)c1)C(=O)N[C@@H](CC(C)C)C(N)=O. The molecule has 105 heavy (non-hydrogen) atoms. The highest BCUT2D eigenvalue weighted by molar-refractivity contribution is 7.53. The van der Waals surface area contributed by atoms with Gasteiger partial charge in [0.25, 0.3) is 0 Å². The molecule has 0 bridgehead atoms. The minimum absolute atomic E-state index is 0.0558. The summed E-state index contributed by atoms with van der Waals surface area (Å²) in [5, 5.41) is 41.9. The Hall–Kier alpha value is -7.42. The lowest BCUT2D eigenvalue weighted by atomic mass is 9.94. The van der Waals surface area contributed by atoms with Crippen LogP contribution in [-0.4, -0.2) is 229 Å². The van der Waals surface area contributed by atoms with Gasteiger partial charge in [-0.05, 0) is 61.8 Å². The molecule has 10 atom stereocenters. The summed E-state index contributed by atoms with van der Waals surface area (Å²) >= 11 is 0. The second-order valence-corrected chi connectivity index (χ2v) is 32.2. The van der Waals surface area contributed by atoms with E-state index in [2.05, 4.69) is 52.8 Å². The monoisotopic (exact) mass is 1570 g/mol. The first-order valence-corrected chi connectivity index (χ1v) is 40.5. The Bertz CT molecular complexity index is 3320. The van der Waals surface area contributed by atoms with Crippen molar-refractivity contribution in [1.29, 1.82) is 0 Å². The van der Waals surface area contributed by atoms with Gasteiger partial charge >= 0.3 is 42.4 Å². The Morgan fingerprint density at radius 3 is 1.40 bits per heavy atom. The fourth-order valence-electron chi connectivity index (χ4n) is 10.2. The van der Waals surface area contributed by atoms with E-state index in [1.165, 1.54) is 12.1 Å². The molecule has 0 aliphatic rings. The normalized spacial score (nSPS) is 14.9. The van der Waals surface area contributed by atoms with Crippen molar-refractivity contribution < 1.29 is 125 Å². The van der Waals surface area contributed by atoms with Gasteiger partial charge in [0.15, 0.2) is 0 Å². The third-order valence-corrected chi connectivity index (χ3v) is 18.7. The van der Waals surface area contributed by atoms with Crippen LogP contribution in [0.1, 0.15) is 123 Å². The van der Waals surface area contributed by atoms with Gasteiger partial charge in [-0.1, -0.05) is 84.7 Å². The summed E-state index contributed by atoms with van der Waals surface area (Å²) in [7, 11) is -19.8. The fourth-order valence-corrected chi connectivity index (χ4v) is 13.4. The van der Waals surface area contributed by atoms with Crippen molar-refractivity contribution in [3.8, 4) is 5.75 Å². The van der Waals surface area contributed by atoms with Crippen LogP contribution < -0.4 is 69.8 Å². The second kappa shape index (κ2) is 45.3. The lowest BCUT2D eigenvalue weighted by Gasteiger charge is -2.30. The third kappa shape index (κ3) is 39.7. The van der Waals surface area contributed by atoms with Gasteiger partial charge in [0, 0.05) is 51.2 Å². The molecule has 1 aromatic carbocycles. The number of carbonyl (C=O) groups is 11. The number of benzene rings is 1. The van der Waals surface area contributed by atoms with Crippen LogP contribution in [0.2, 0.25) is 0 Å². The number of carboxylic acid groups (broad SMARTS) is 1. The molecule has 11 amide bonds. The first-order chi connectivity index (χ1) is 48.7. The average Bonchev–Trinajstić information content (AvgIpc) is 0.844. The van der Waals surface area contributed by atoms with E-state index in [1.54, 1.807) is 71.9 Å². The number of unbranched alkanes of at least 4 members (excludes halogenated alkanes) is 1. The number of carboxylic acids is 1. The summed E-state index contributed by atoms with van der Waals surface area (Å²) in [6, 6.07) is -2.40. The summed E-state index contributed by atoms with van der Waals surface area (Å²) in [4.78, 5) is 231. The number of rotatable bonds is 51. The van der Waals surface area contributed by atoms with Crippen molar-refractivity contribution >= 4 is 95.5 Å². The van der Waals surface area contributed by atoms with Crippen LogP contribution in [0.25, 0.3) is 0 Å². The minimum Gasteiger partial charge on any atom is -0.493 e. The number of ether oxygens (including phenoxy) is 1. The number of primary amides is 2. The Morgan fingerprint density at radius 2 is 0.962 bits per heavy atom. The van der Waals surface area contributed by atoms with Crippen LogP contribution in [0.3, 0.4) is 0 Å². The summed E-state index contributed by atoms with van der Waals surface area (Å²) in [6.45, 7) is 7.81. The number of aromatic nitrogens is 1. The van der Waals surface area contributed by atoms with Gasteiger partial charge in [0.05, 0.1) is 31.0 Å². The van der Waals surface area contributed by atoms with Crippen molar-refractivity contribution in [1.82, 2.24) is 62.6 Å². The lowest BCUT2D eigenvalue weighted by molar-refractivity contribution is -0.139. The molecule has 594 valence electrons. The Morgan fingerprint density at radius 1 is 0.543 bits per heavy atom. The summed E-state index contributed by atoms with van der Waals surface area (Å²) < 4.78 is 53.4. The van der Waals surface area contributed by atoms with E-state index in [1.807, 2.05) is 0 Å². The molecule has 1 heterocycles. The number of hydrogen-bond donors (Lipinski definition) is 22. The van der Waals surface area contributed by atoms with Crippen LogP contribution in [0.15, 0.2) is 42.5 Å². The average molecular weight is 1570 g/mol. The number of aliphatic hydroxyl groups is 1. The maximum atomic E-state index is 14.6. The van der Waals surface area contributed by atoms with Crippen molar-refractivity contribution in [3.05, 3.63) is 59.4 Å². The van der Waals surface area contributed by atoms with Gasteiger partial charge < -0.3 is 119 Å². The number of nitrogens with one attached hydrogen (secondary N) is 9. The van der Waals surface area contributed by atoms with Gasteiger partial charge in [-0.15, -0.1) is 0 Å². The number of amides is 11. The lowest BCUT2D eigenvalue weighted by Crippen LogP contribution is -2.62. The standard InChI is InChI=1S/C60H103N15O26P4/c1-7-36(5)50(73-59(87)51(37(6)8-2)72-53(81)42(61)30-76)58(86)71-47(27-48(62)77)57(85)70-46(24-38-15-10-9-11-16-38)56(84)68-44(18-19-49(78)79)55(83)67-43(54(82)69-45(52(63)80)23-35(3)4)17-12-13-20-64-60(88)65-21-14-22-101-41-25-39(28-74(31-102(89,90)91)32-103(92,93)94)66-40(26-41)29-75(33-104(95,96)97)34-105(98,99)100/h9-11,15-16,25-26,35-37,42-47,50-51,76H,7-8,12-14,17-24,27-34,61H2,1-6H3,(H2,62,77)(H2,63,80)(H,67,83)(H,68,84)(H,69,82)(H,70,85)(H,71,86)(H,72,81)(H,73,87)(H,78,79)(H2,64,65,88)(H2,89,90,91)(H2,92,93,94)(H2,95,96,97)(H2,98,99,100)/t36-,37-,42-,43-,44-,45-,46-,47-,50-,51-/m0/s1. The van der Waals surface area contributed by atoms with E-state index in [-0.39, 0.29) is 87.7 Å². The molecule has 0 saturated heterocycles. The fraction of sp³-hybridized carbons (Fsp3) is 0.633. The Kier molecular flexibility index (Phi) is 40.4. The van der Waals surface area contributed by atoms with Crippen molar-refractivity contribution in [2.24, 2.45) is 35.0 Å². The molecule has 0 saturated carbocycles. The minimum atomic E-state index is -4.95. The van der Waals surface area contributed by atoms with Crippen molar-refractivity contribution in [2.75, 3.05) is 51.4 Å². The van der Waals surface area contributed by atoms with E-state index < -0.39 is 220 Å². The topological polar surface area (TPSA) is 673 Å². The van der Waals surface area contributed by atoms with Gasteiger partial charge in [0.1, 0.15) is 79.2 Å². The van der Waals surface area contributed by atoms with Crippen LogP contribution >= 0.6 is 30.4 Å². The van der Waals surface area contributed by atoms with E-state index in [9.17, 15) is 120 Å². The molecular formula is C60H103N15O26P4. The van der Waals surface area contributed by atoms with E-state index in [4.69, 9.17) is 21.9 Å².